The van der Waals surface area contributed by atoms with E-state index in [-0.39, 0.29) is 81.9 Å². The molecule has 1 saturated heterocycles. The fourth-order valence-corrected chi connectivity index (χ4v) is 11.9. The molecule has 1 aliphatic heterocycles. The monoisotopic (exact) mass is 636 g/mol. The van der Waals surface area contributed by atoms with Crippen molar-refractivity contribution >= 4 is 23.9 Å². The Bertz CT molecular complexity index is 1360. The Hall–Kier alpha value is -2.48. The largest absolute Gasteiger partial charge is 0.481 e. The number of esters is 3. The van der Waals surface area contributed by atoms with Crippen molar-refractivity contribution in [3.05, 3.63) is 24.3 Å². The summed E-state index contributed by atoms with van der Waals surface area (Å²) in [5.74, 6) is -1.13. The number of hydrogen-bond acceptors (Lipinski definition) is 7. The third-order valence-electron chi connectivity index (χ3n) is 15.9. The van der Waals surface area contributed by atoms with Crippen molar-refractivity contribution in [1.82, 2.24) is 0 Å². The lowest BCUT2D eigenvalue weighted by atomic mass is 9.70. The molecule has 0 aromatic heterocycles. The molecule has 6 saturated carbocycles. The molecule has 2 N–H and O–H groups in total. The number of aliphatic carboxylic acids is 1. The normalized spacial score (nSPS) is 49.8. The summed E-state index contributed by atoms with van der Waals surface area (Å²) in [6, 6.07) is 0. The van der Waals surface area contributed by atoms with Crippen molar-refractivity contribution in [2.24, 2.45) is 80.8 Å². The first-order valence-electron chi connectivity index (χ1n) is 17.7. The van der Waals surface area contributed by atoms with Crippen molar-refractivity contribution in [1.29, 1.82) is 0 Å². The molecular formula is C38H52O8. The number of carboxylic acids is 1. The van der Waals surface area contributed by atoms with Crippen LogP contribution in [0.1, 0.15) is 92.9 Å². The van der Waals surface area contributed by atoms with Crippen molar-refractivity contribution in [3.8, 4) is 0 Å². The Labute approximate surface area is 272 Å². The van der Waals surface area contributed by atoms with Gasteiger partial charge < -0.3 is 19.7 Å². The zero-order valence-corrected chi connectivity index (χ0v) is 28.2. The van der Waals surface area contributed by atoms with E-state index in [1.807, 2.05) is 24.3 Å². The van der Waals surface area contributed by atoms with Gasteiger partial charge in [-0.05, 0) is 103 Å². The quantitative estimate of drug-likeness (QED) is 0.221. The highest BCUT2D eigenvalue weighted by Crippen LogP contribution is 2.67. The van der Waals surface area contributed by atoms with Crippen molar-refractivity contribution in [2.45, 2.75) is 105 Å². The molecule has 0 spiro atoms. The third-order valence-corrected chi connectivity index (χ3v) is 15.9. The van der Waals surface area contributed by atoms with Crippen LogP contribution in [0.5, 0.6) is 0 Å². The van der Waals surface area contributed by atoms with E-state index in [0.29, 0.717) is 11.3 Å². The Balaban J connectivity index is 0.000000123. The Morgan fingerprint density at radius 1 is 0.717 bits per heavy atom. The minimum Gasteiger partial charge on any atom is -0.481 e. The van der Waals surface area contributed by atoms with E-state index >= 15 is 0 Å². The van der Waals surface area contributed by atoms with E-state index in [2.05, 4.69) is 46.3 Å². The molecule has 0 aromatic rings. The summed E-state index contributed by atoms with van der Waals surface area (Å²) in [4.78, 5) is 46.8. The number of aliphatic hydroxyl groups excluding tert-OH is 1. The summed E-state index contributed by atoms with van der Waals surface area (Å²) < 4.78 is 10.6. The summed E-state index contributed by atoms with van der Waals surface area (Å²) >= 11 is 0. The Morgan fingerprint density at radius 2 is 1.20 bits per heavy atom. The molecule has 8 bridgehead atoms. The smallest absolute Gasteiger partial charge is 0.318 e. The first-order valence-corrected chi connectivity index (χ1v) is 17.7. The number of cyclic esters (lactones) is 2. The zero-order valence-electron chi connectivity index (χ0n) is 28.2. The summed E-state index contributed by atoms with van der Waals surface area (Å²) in [7, 11) is 0. The van der Waals surface area contributed by atoms with Crippen LogP contribution in [0.15, 0.2) is 24.3 Å². The Morgan fingerprint density at radius 3 is 1.61 bits per heavy atom. The van der Waals surface area contributed by atoms with Crippen LogP contribution >= 0.6 is 0 Å². The molecule has 0 amide bonds. The van der Waals surface area contributed by atoms with Crippen LogP contribution in [0.3, 0.4) is 0 Å². The summed E-state index contributed by atoms with van der Waals surface area (Å²) in [6.07, 6.45) is 16.6. The number of carboxylic acid groups (broad SMARTS) is 1. The Kier molecular flexibility index (Phi) is 7.33. The van der Waals surface area contributed by atoms with E-state index in [0.717, 1.165) is 38.0 Å². The molecule has 9 rings (SSSR count). The number of aliphatic hydroxyl groups is 1. The van der Waals surface area contributed by atoms with E-state index in [4.69, 9.17) is 4.74 Å². The lowest BCUT2D eigenvalue weighted by molar-refractivity contribution is -0.168. The first kappa shape index (κ1) is 32.1. The van der Waals surface area contributed by atoms with Gasteiger partial charge in [-0.1, -0.05) is 65.8 Å². The lowest BCUT2D eigenvalue weighted by Crippen LogP contribution is -2.41. The first-order chi connectivity index (χ1) is 21.5. The maximum Gasteiger partial charge on any atom is 0.318 e. The highest BCUT2D eigenvalue weighted by Gasteiger charge is 2.64. The van der Waals surface area contributed by atoms with Crippen LogP contribution < -0.4 is 0 Å². The van der Waals surface area contributed by atoms with Crippen LogP contribution in [-0.2, 0) is 28.7 Å². The average Bonchev–Trinajstić information content (AvgIpc) is 3.87. The predicted octanol–water partition coefficient (Wildman–Crippen LogP) is 5.97. The second-order valence-corrected chi connectivity index (χ2v) is 17.7. The van der Waals surface area contributed by atoms with E-state index < -0.39 is 17.8 Å². The maximum atomic E-state index is 12.8. The molecular weight excluding hydrogens is 584 g/mol. The van der Waals surface area contributed by atoms with Crippen LogP contribution in [-0.4, -0.2) is 46.3 Å². The predicted molar refractivity (Wildman–Crippen MR) is 169 cm³/mol. The van der Waals surface area contributed by atoms with Crippen molar-refractivity contribution < 1.29 is 38.9 Å². The summed E-state index contributed by atoms with van der Waals surface area (Å²) in [5.41, 5.74) is 0.822. The number of allylic oxidation sites excluding steroid dienone is 4. The fraction of sp³-hybridized carbons (Fsp3) is 0.789. The number of carbonyl (C=O) groups excluding carboxylic acids is 3. The topological polar surface area (TPSA) is 127 Å². The molecule has 8 heteroatoms. The number of hydrogen-bond donors (Lipinski definition) is 2. The zero-order chi connectivity index (χ0) is 33.1. The number of ether oxygens (including phenoxy) is 2. The van der Waals surface area contributed by atoms with Crippen LogP contribution in [0.4, 0.5) is 0 Å². The highest BCUT2D eigenvalue weighted by molar-refractivity contribution is 5.98. The molecule has 14 atom stereocenters. The second kappa shape index (κ2) is 10.5. The standard InChI is InChI=1S/C19H26O4.C10H18O.C9H8O3/c1-18(2)12-6-7-19(18,3)13(9-12)23-17(22)15-11-5-4-10(8-11)14(15)16(20)21;1-9(2)7-4-5-10(9,3)8(11)6-7;10-8-6-4-1-2-5(3-4)7(6)9(11)12-8/h4-5,10-15H,6-9H2,1-3H3,(H,20,21);7-8,11H,4-6H2,1-3H3;1-2,4-7H,3H2. The van der Waals surface area contributed by atoms with Gasteiger partial charge >= 0.3 is 23.9 Å². The molecule has 0 aromatic carbocycles. The second-order valence-electron chi connectivity index (χ2n) is 17.7. The molecule has 8 nitrogen and oxygen atoms in total. The van der Waals surface area contributed by atoms with Crippen LogP contribution in [0, 0.1) is 80.8 Å². The van der Waals surface area contributed by atoms with Gasteiger partial charge in [0.05, 0.1) is 29.8 Å². The molecule has 0 radical (unpaired) electrons. The van der Waals surface area contributed by atoms with Crippen LogP contribution in [0.2, 0.25) is 0 Å². The average molecular weight is 637 g/mol. The van der Waals surface area contributed by atoms with E-state index in [1.54, 1.807) is 0 Å². The van der Waals surface area contributed by atoms with Crippen molar-refractivity contribution in [2.75, 3.05) is 0 Å². The number of fused-ring (bicyclic) bond motifs is 11. The maximum absolute atomic E-state index is 12.8. The number of rotatable bonds is 3. The van der Waals surface area contributed by atoms with Gasteiger partial charge in [-0.25, -0.2) is 0 Å². The minimum atomic E-state index is -0.858. The minimum absolute atomic E-state index is 0.00195. The van der Waals surface area contributed by atoms with Gasteiger partial charge in [0.25, 0.3) is 0 Å². The van der Waals surface area contributed by atoms with Gasteiger partial charge in [-0.3, -0.25) is 19.2 Å². The SMILES string of the molecule is CC1(C)C2CCC1(C)C(O)C2.CC1(C)C2CCC1(C)C(OC(=O)C1C3C=CC(C3)C1C(=O)O)C2.O=C1OC(=O)C2C3C=CC(C3)C12. The number of carbonyl (C=O) groups is 4. The summed E-state index contributed by atoms with van der Waals surface area (Å²) in [5, 5.41) is 19.3. The fourth-order valence-electron chi connectivity index (χ4n) is 11.9. The van der Waals surface area contributed by atoms with Gasteiger partial charge in [0, 0.05) is 5.41 Å². The lowest BCUT2D eigenvalue weighted by Gasteiger charge is -2.39. The van der Waals surface area contributed by atoms with Gasteiger partial charge in [0.2, 0.25) is 0 Å². The van der Waals surface area contributed by atoms with Gasteiger partial charge in [0.1, 0.15) is 6.10 Å². The van der Waals surface area contributed by atoms with E-state index in [1.165, 1.54) is 19.3 Å². The van der Waals surface area contributed by atoms with E-state index in [9.17, 15) is 29.4 Å². The van der Waals surface area contributed by atoms with Gasteiger partial charge in [-0.15, -0.1) is 0 Å². The molecule has 9 aliphatic rings. The van der Waals surface area contributed by atoms with Gasteiger partial charge in [0.15, 0.2) is 0 Å². The molecule has 252 valence electrons. The summed E-state index contributed by atoms with van der Waals surface area (Å²) in [6.45, 7) is 13.7. The molecule has 8 aliphatic carbocycles. The molecule has 46 heavy (non-hydrogen) atoms. The molecule has 7 fully saturated rings. The van der Waals surface area contributed by atoms with Gasteiger partial charge in [-0.2, -0.15) is 0 Å². The van der Waals surface area contributed by atoms with Crippen LogP contribution in [0.25, 0.3) is 0 Å². The van der Waals surface area contributed by atoms with Crippen molar-refractivity contribution in [3.63, 3.8) is 0 Å². The molecule has 1 heterocycles. The molecule has 14 unspecified atom stereocenters. The highest BCUT2D eigenvalue weighted by atomic mass is 16.6. The third kappa shape index (κ3) is 4.33.